The van der Waals surface area contributed by atoms with Gasteiger partial charge in [0.05, 0.1) is 13.2 Å². The van der Waals surface area contributed by atoms with Gasteiger partial charge in [-0.2, -0.15) is 13.2 Å². The van der Waals surface area contributed by atoms with Crippen molar-refractivity contribution in [1.82, 2.24) is 0 Å². The fourth-order valence-corrected chi connectivity index (χ4v) is 2.61. The van der Waals surface area contributed by atoms with Crippen LogP contribution < -0.4 is 5.73 Å². The number of aliphatic hydroxyl groups is 1. The lowest BCUT2D eigenvalue weighted by Crippen LogP contribution is -2.60. The fourth-order valence-electron chi connectivity index (χ4n) is 2.61. The smallest absolute Gasteiger partial charge is 0.378 e. The molecule has 2 rings (SSSR count). The van der Waals surface area contributed by atoms with Gasteiger partial charge in [-0.3, -0.25) is 0 Å². The van der Waals surface area contributed by atoms with E-state index in [1.807, 2.05) is 0 Å². The van der Waals surface area contributed by atoms with Crippen LogP contribution in [-0.4, -0.2) is 30.1 Å². The summed E-state index contributed by atoms with van der Waals surface area (Å²) in [4.78, 5) is 0. The predicted molar refractivity (Wildman–Crippen MR) is 63.3 cm³/mol. The summed E-state index contributed by atoms with van der Waals surface area (Å²) in [5.74, 6) is -2.21. The molecule has 1 aromatic carbocycles. The van der Waals surface area contributed by atoms with Crippen LogP contribution in [0, 0.1) is 11.7 Å². The monoisotopic (exact) mass is 293 g/mol. The van der Waals surface area contributed by atoms with Crippen molar-refractivity contribution in [3.63, 3.8) is 0 Å². The van der Waals surface area contributed by atoms with Crippen LogP contribution in [0.2, 0.25) is 0 Å². The number of benzene rings is 1. The molecule has 0 unspecified atom stereocenters. The van der Waals surface area contributed by atoms with E-state index >= 15 is 0 Å². The Balaban J connectivity index is 2.46. The molecule has 0 radical (unpaired) electrons. The highest BCUT2D eigenvalue weighted by molar-refractivity contribution is 5.28. The third-order valence-electron chi connectivity index (χ3n) is 3.85. The molecule has 3 nitrogen and oxygen atoms in total. The quantitative estimate of drug-likeness (QED) is 0.819. The lowest BCUT2D eigenvalue weighted by Gasteiger charge is -2.40. The van der Waals surface area contributed by atoms with E-state index in [0.29, 0.717) is 0 Å². The van der Waals surface area contributed by atoms with E-state index in [0.717, 1.165) is 6.07 Å². The van der Waals surface area contributed by atoms with Gasteiger partial charge in [0.2, 0.25) is 0 Å². The number of nitrogens with two attached hydrogens (primary N) is 1. The molecule has 1 heterocycles. The van der Waals surface area contributed by atoms with Gasteiger partial charge in [0.15, 0.2) is 5.60 Å². The third-order valence-corrected chi connectivity index (χ3v) is 3.85. The molecule has 1 fully saturated rings. The second kappa shape index (κ2) is 4.68. The molecule has 112 valence electrons. The molecule has 0 saturated carbocycles. The van der Waals surface area contributed by atoms with Crippen LogP contribution in [0.4, 0.5) is 17.6 Å². The molecule has 0 aromatic heterocycles. The van der Waals surface area contributed by atoms with Gasteiger partial charge in [0, 0.05) is 17.0 Å². The Kier molecular flexibility index (Phi) is 3.56. The van der Waals surface area contributed by atoms with Crippen LogP contribution in [0.5, 0.6) is 0 Å². The molecule has 3 N–H and O–H groups in total. The zero-order valence-electron chi connectivity index (χ0n) is 10.7. The average molecular weight is 293 g/mol. The number of halogens is 4. The van der Waals surface area contributed by atoms with Crippen LogP contribution in [0.3, 0.4) is 0 Å². The molecule has 1 aromatic rings. The first kappa shape index (κ1) is 15.2. The second-order valence-corrected chi connectivity index (χ2v) is 5.25. The molecule has 20 heavy (non-hydrogen) atoms. The molecule has 1 aliphatic heterocycles. The number of alkyl halides is 3. The van der Waals surface area contributed by atoms with Gasteiger partial charge in [-0.15, -0.1) is 0 Å². The summed E-state index contributed by atoms with van der Waals surface area (Å²) < 4.78 is 57.8. The summed E-state index contributed by atoms with van der Waals surface area (Å²) in [6.45, 7) is -0.0266. The maximum absolute atomic E-state index is 13.8. The lowest BCUT2D eigenvalue weighted by molar-refractivity contribution is -0.276. The van der Waals surface area contributed by atoms with Crippen molar-refractivity contribution in [1.29, 1.82) is 0 Å². The molecule has 0 amide bonds. The molecular formula is C13H15F4NO2. The third kappa shape index (κ3) is 2.19. The van der Waals surface area contributed by atoms with Gasteiger partial charge in [-0.1, -0.05) is 18.2 Å². The highest BCUT2D eigenvalue weighted by atomic mass is 19.4. The van der Waals surface area contributed by atoms with Gasteiger partial charge in [0.1, 0.15) is 5.82 Å². The van der Waals surface area contributed by atoms with Crippen molar-refractivity contribution in [2.24, 2.45) is 11.7 Å². The highest BCUT2D eigenvalue weighted by Gasteiger charge is 2.65. The molecule has 1 saturated heterocycles. The summed E-state index contributed by atoms with van der Waals surface area (Å²) in [5.41, 5.74) is 1.05. The van der Waals surface area contributed by atoms with Crippen molar-refractivity contribution in [3.8, 4) is 0 Å². The SMILES string of the molecule is C[C@@](N)(c1ccccc1F)[C@H]1COC[C@]1(O)C(F)(F)F. The normalized spacial score (nSPS) is 30.2. The van der Waals surface area contributed by atoms with Crippen molar-refractivity contribution in [2.75, 3.05) is 13.2 Å². The van der Waals surface area contributed by atoms with Gasteiger partial charge in [-0.05, 0) is 13.0 Å². The van der Waals surface area contributed by atoms with Crippen LogP contribution in [0.25, 0.3) is 0 Å². The first-order chi connectivity index (χ1) is 9.11. The molecule has 1 aliphatic rings. The van der Waals surface area contributed by atoms with Gasteiger partial charge >= 0.3 is 6.18 Å². The highest BCUT2D eigenvalue weighted by Crippen LogP contribution is 2.47. The first-order valence-electron chi connectivity index (χ1n) is 6.01. The lowest BCUT2D eigenvalue weighted by atomic mass is 9.72. The average Bonchev–Trinajstić information content (AvgIpc) is 2.73. The molecule has 7 heteroatoms. The Morgan fingerprint density at radius 1 is 1.35 bits per heavy atom. The van der Waals surface area contributed by atoms with E-state index in [1.54, 1.807) is 0 Å². The van der Waals surface area contributed by atoms with Crippen molar-refractivity contribution in [3.05, 3.63) is 35.6 Å². The van der Waals surface area contributed by atoms with Crippen LogP contribution >= 0.6 is 0 Å². The van der Waals surface area contributed by atoms with Crippen LogP contribution in [0.15, 0.2) is 24.3 Å². The van der Waals surface area contributed by atoms with E-state index < -0.39 is 42.3 Å². The molecular weight excluding hydrogens is 278 g/mol. The Morgan fingerprint density at radius 3 is 2.50 bits per heavy atom. The van der Waals surface area contributed by atoms with Gasteiger partial charge in [-0.25, -0.2) is 4.39 Å². The minimum Gasteiger partial charge on any atom is -0.378 e. The number of hydrogen-bond donors (Lipinski definition) is 2. The van der Waals surface area contributed by atoms with E-state index in [4.69, 9.17) is 10.5 Å². The minimum absolute atomic E-state index is 0.0850. The second-order valence-electron chi connectivity index (χ2n) is 5.25. The largest absolute Gasteiger partial charge is 0.419 e. The summed E-state index contributed by atoms with van der Waals surface area (Å²) in [6, 6.07) is 5.31. The van der Waals surface area contributed by atoms with Gasteiger partial charge in [0.25, 0.3) is 0 Å². The van der Waals surface area contributed by atoms with E-state index in [1.165, 1.54) is 25.1 Å². The minimum atomic E-state index is -4.90. The molecule has 3 atom stereocenters. The van der Waals surface area contributed by atoms with Crippen molar-refractivity contribution < 1.29 is 27.4 Å². The van der Waals surface area contributed by atoms with Crippen molar-refractivity contribution >= 4 is 0 Å². The van der Waals surface area contributed by atoms with E-state index in [9.17, 15) is 22.7 Å². The topological polar surface area (TPSA) is 55.5 Å². The van der Waals surface area contributed by atoms with Gasteiger partial charge < -0.3 is 15.6 Å². The Morgan fingerprint density at radius 2 is 1.95 bits per heavy atom. The Bertz CT molecular complexity index is 503. The summed E-state index contributed by atoms with van der Waals surface area (Å²) >= 11 is 0. The first-order valence-corrected chi connectivity index (χ1v) is 6.01. The number of ether oxygens (including phenoxy) is 1. The molecule has 0 bridgehead atoms. The summed E-state index contributed by atoms with van der Waals surface area (Å²) in [7, 11) is 0. The van der Waals surface area contributed by atoms with Crippen molar-refractivity contribution in [2.45, 2.75) is 24.2 Å². The molecule has 0 aliphatic carbocycles. The fraction of sp³-hybridized carbons (Fsp3) is 0.538. The maximum atomic E-state index is 13.8. The summed E-state index contributed by atoms with van der Waals surface area (Å²) in [5, 5.41) is 9.92. The van der Waals surface area contributed by atoms with Crippen LogP contribution in [-0.2, 0) is 10.3 Å². The zero-order valence-corrected chi connectivity index (χ0v) is 10.7. The summed E-state index contributed by atoms with van der Waals surface area (Å²) in [6.07, 6.45) is -4.90. The molecule has 0 spiro atoms. The van der Waals surface area contributed by atoms with Crippen LogP contribution in [0.1, 0.15) is 12.5 Å². The number of rotatable bonds is 2. The standard InChI is InChI=1S/C13H15F4NO2/c1-11(18,8-4-2-3-5-9(8)14)10-6-20-7-12(10,19)13(15,16)17/h2-5,10,19H,6-7,18H2,1H3/t10-,11-,12-/m1/s1. The number of hydrogen-bond acceptors (Lipinski definition) is 3. The van der Waals surface area contributed by atoms with E-state index in [-0.39, 0.29) is 5.56 Å². The maximum Gasteiger partial charge on any atom is 0.419 e. The van der Waals surface area contributed by atoms with E-state index in [2.05, 4.69) is 0 Å². The predicted octanol–water partition coefficient (Wildman–Crippen LogP) is 1.94. The zero-order chi connectivity index (χ0) is 15.2. The Hall–Kier alpha value is -1.18. The Labute approximate surface area is 113 Å².